The molecule has 0 saturated carbocycles. The summed E-state index contributed by atoms with van der Waals surface area (Å²) in [6.45, 7) is 5.03. The summed E-state index contributed by atoms with van der Waals surface area (Å²) in [4.78, 5) is 24.1. The number of hydrogen-bond donors (Lipinski definition) is 0. The van der Waals surface area contributed by atoms with Crippen LogP contribution in [0.25, 0.3) is 27.7 Å². The molecule has 1 aromatic carbocycles. The first-order valence-corrected chi connectivity index (χ1v) is 12.7. The van der Waals surface area contributed by atoms with Gasteiger partial charge in [-0.1, -0.05) is 9.61 Å². The molecule has 1 saturated heterocycles. The number of rotatable bonds is 2. The maximum Gasteiger partial charge on any atom is 0.323 e. The van der Waals surface area contributed by atoms with Crippen LogP contribution < -0.4 is 4.90 Å². The molecule has 1 fully saturated rings. The average molecular weight is 480 g/mol. The highest BCUT2D eigenvalue weighted by Crippen LogP contribution is 2.36. The van der Waals surface area contributed by atoms with Gasteiger partial charge in [0, 0.05) is 36.7 Å². The van der Waals surface area contributed by atoms with Crippen LogP contribution in [0.3, 0.4) is 0 Å². The molecule has 2 aliphatic heterocycles. The molecule has 11 heteroatoms. The number of hydrogen-bond acceptors (Lipinski definition) is 7. The quantitative estimate of drug-likeness (QED) is 0.407. The van der Waals surface area contributed by atoms with Gasteiger partial charge in [-0.05, 0) is 24.3 Å². The molecule has 0 amide bonds. The van der Waals surface area contributed by atoms with E-state index >= 15 is 0 Å². The van der Waals surface area contributed by atoms with Crippen LogP contribution in [0.2, 0.25) is 0 Å². The number of ketones is 1. The highest BCUT2D eigenvalue weighted by atomic mass is 32.2. The Morgan fingerprint density at radius 2 is 1.91 bits per heavy atom. The highest BCUT2D eigenvalue weighted by molar-refractivity contribution is 7.91. The van der Waals surface area contributed by atoms with Crippen LogP contribution in [0.4, 0.5) is 16.0 Å². The number of pyridine rings is 1. The zero-order valence-electron chi connectivity index (χ0n) is 18.1. The van der Waals surface area contributed by atoms with Crippen molar-refractivity contribution in [1.82, 2.24) is 19.6 Å². The minimum atomic E-state index is -3.11. The highest BCUT2D eigenvalue weighted by Gasteiger charge is 2.37. The summed E-state index contributed by atoms with van der Waals surface area (Å²) in [7, 11) is -3.11. The van der Waals surface area contributed by atoms with Crippen LogP contribution in [-0.2, 0) is 9.84 Å². The van der Waals surface area contributed by atoms with E-state index in [1.165, 1.54) is 12.1 Å². The lowest BCUT2D eigenvalue weighted by molar-refractivity contribution is -0.437. The van der Waals surface area contributed by atoms with Crippen LogP contribution in [0.5, 0.6) is 0 Å². The Morgan fingerprint density at radius 3 is 2.71 bits per heavy atom. The summed E-state index contributed by atoms with van der Waals surface area (Å²) in [6.07, 6.45) is 3.61. The molecule has 0 atom stereocenters. The standard InChI is InChI=1S/C23H20FN6O3S/c1-28-5-4-19(31)20-22(29-6-8-34(32,33)9-7-29)27-21-17(13-26-30(21)23(20)28)15-10-14-11-16(24)2-3-18(14)25-12-15/h2-3,10-13H,1,4-9H2/q+1. The van der Waals surface area contributed by atoms with E-state index in [2.05, 4.69) is 16.8 Å². The monoisotopic (exact) mass is 479 g/mol. The summed E-state index contributed by atoms with van der Waals surface area (Å²) < 4.78 is 41.1. The molecule has 0 N–H and O–H groups in total. The molecule has 3 aromatic heterocycles. The first-order chi connectivity index (χ1) is 16.3. The number of benzene rings is 1. The van der Waals surface area contributed by atoms with Crippen LogP contribution in [0, 0.1) is 5.82 Å². The molecule has 34 heavy (non-hydrogen) atoms. The van der Waals surface area contributed by atoms with Gasteiger partial charge >= 0.3 is 5.82 Å². The first-order valence-electron chi connectivity index (χ1n) is 10.8. The Hall–Kier alpha value is -3.73. The van der Waals surface area contributed by atoms with Gasteiger partial charge in [0.25, 0.3) is 5.65 Å². The van der Waals surface area contributed by atoms with Crippen molar-refractivity contribution < 1.29 is 22.2 Å². The van der Waals surface area contributed by atoms with E-state index in [-0.39, 0.29) is 42.6 Å². The van der Waals surface area contributed by atoms with Gasteiger partial charge in [-0.25, -0.2) is 17.4 Å². The number of aromatic nitrogens is 4. The molecule has 4 aromatic rings. The molecule has 172 valence electrons. The zero-order valence-corrected chi connectivity index (χ0v) is 18.9. The van der Waals surface area contributed by atoms with Gasteiger partial charge in [0.2, 0.25) is 0 Å². The third kappa shape index (κ3) is 3.26. The van der Waals surface area contributed by atoms with Crippen molar-refractivity contribution >= 4 is 50.5 Å². The van der Waals surface area contributed by atoms with Crippen LogP contribution in [0.15, 0.2) is 36.7 Å². The second-order valence-electron chi connectivity index (χ2n) is 8.56. The van der Waals surface area contributed by atoms with Gasteiger partial charge < -0.3 is 4.90 Å². The molecular weight excluding hydrogens is 459 g/mol. The van der Waals surface area contributed by atoms with Gasteiger partial charge in [0.1, 0.15) is 5.82 Å². The molecule has 0 aliphatic carbocycles. The summed E-state index contributed by atoms with van der Waals surface area (Å²) in [6, 6.07) is 6.23. The Balaban J connectivity index is 1.58. The molecule has 9 nitrogen and oxygen atoms in total. The molecule has 0 bridgehead atoms. The number of halogens is 1. The SMILES string of the molecule is C=[N+]1CCC(=O)c2c(N3CCS(=O)(=O)CC3)nc3c(-c4cnc5ccc(F)cc5c4)cnn3c21. The van der Waals surface area contributed by atoms with E-state index in [9.17, 15) is 17.6 Å². The largest absolute Gasteiger partial charge is 0.354 e. The molecule has 5 heterocycles. The Labute approximate surface area is 194 Å². The van der Waals surface area contributed by atoms with Gasteiger partial charge in [-0.3, -0.25) is 9.78 Å². The second kappa shape index (κ2) is 7.39. The third-order valence-electron chi connectivity index (χ3n) is 6.39. The van der Waals surface area contributed by atoms with Crippen LogP contribution in [0.1, 0.15) is 16.8 Å². The maximum atomic E-state index is 13.8. The molecule has 2 aliphatic rings. The number of carbonyl (C=O) groups excluding carboxylic acids is 1. The third-order valence-corrected chi connectivity index (χ3v) is 8.00. The fraction of sp³-hybridized carbons (Fsp3) is 0.261. The van der Waals surface area contributed by atoms with E-state index in [1.807, 2.05) is 11.0 Å². The smallest absolute Gasteiger partial charge is 0.323 e. The lowest BCUT2D eigenvalue weighted by Crippen LogP contribution is -2.42. The summed E-state index contributed by atoms with van der Waals surface area (Å²) in [5, 5.41) is 5.15. The summed E-state index contributed by atoms with van der Waals surface area (Å²) in [5.41, 5.74) is 2.92. The van der Waals surface area contributed by atoms with Gasteiger partial charge in [-0.15, -0.1) is 0 Å². The lowest BCUT2D eigenvalue weighted by Gasteiger charge is -2.29. The molecular formula is C23H20FN6O3S+. The van der Waals surface area contributed by atoms with Crippen molar-refractivity contribution in [3.05, 3.63) is 48.0 Å². The maximum absolute atomic E-state index is 13.8. The molecule has 6 rings (SSSR count). The minimum Gasteiger partial charge on any atom is -0.354 e. The van der Waals surface area contributed by atoms with Crippen molar-refractivity contribution in [3.63, 3.8) is 0 Å². The molecule has 0 radical (unpaired) electrons. The number of Topliss-reactive ketones (excluding diaryl/α,β-unsaturated/α-hetero) is 1. The predicted molar refractivity (Wildman–Crippen MR) is 125 cm³/mol. The number of carbonyl (C=O) groups is 1. The number of fused-ring (bicyclic) bond motifs is 4. The number of anilines is 1. The van der Waals surface area contributed by atoms with Crippen LogP contribution in [-0.4, -0.2) is 76.2 Å². The van der Waals surface area contributed by atoms with Gasteiger partial charge in [0.05, 0.1) is 42.0 Å². The van der Waals surface area contributed by atoms with E-state index in [0.717, 1.165) is 0 Å². The minimum absolute atomic E-state index is 0.00317. The van der Waals surface area contributed by atoms with Crippen molar-refractivity contribution in [2.75, 3.05) is 36.0 Å². The fourth-order valence-corrected chi connectivity index (χ4v) is 5.78. The number of nitrogens with zero attached hydrogens (tertiary/aromatic N) is 6. The molecule has 0 unspecified atom stereocenters. The van der Waals surface area contributed by atoms with E-state index in [0.29, 0.717) is 51.4 Å². The van der Waals surface area contributed by atoms with Gasteiger partial charge in [-0.2, -0.15) is 4.98 Å². The lowest BCUT2D eigenvalue weighted by atomic mass is 10.0. The Bertz CT molecular complexity index is 1630. The normalized spacial score (nSPS) is 18.0. The summed E-state index contributed by atoms with van der Waals surface area (Å²) >= 11 is 0. The fourth-order valence-electron chi connectivity index (χ4n) is 4.58. The zero-order chi connectivity index (χ0) is 23.6. The van der Waals surface area contributed by atoms with E-state index in [4.69, 9.17) is 4.98 Å². The number of sulfone groups is 1. The van der Waals surface area contributed by atoms with Crippen LogP contribution >= 0.6 is 0 Å². The Morgan fingerprint density at radius 1 is 1.12 bits per heavy atom. The second-order valence-corrected chi connectivity index (χ2v) is 10.9. The predicted octanol–water partition coefficient (Wildman–Crippen LogP) is 2.25. The first kappa shape index (κ1) is 20.8. The van der Waals surface area contributed by atoms with E-state index < -0.39 is 9.84 Å². The van der Waals surface area contributed by atoms with Crippen molar-refractivity contribution in [2.45, 2.75) is 6.42 Å². The van der Waals surface area contributed by atoms with Gasteiger partial charge in [0.15, 0.2) is 27.0 Å². The Kier molecular flexibility index (Phi) is 4.53. The summed E-state index contributed by atoms with van der Waals surface area (Å²) in [5.74, 6) is 0.541. The average Bonchev–Trinajstić information content (AvgIpc) is 3.24. The van der Waals surface area contributed by atoms with Crippen molar-refractivity contribution in [3.8, 4) is 11.1 Å². The topological polar surface area (TPSA) is 101 Å². The van der Waals surface area contributed by atoms with E-state index in [1.54, 1.807) is 27.6 Å². The molecule has 0 spiro atoms. The van der Waals surface area contributed by atoms with Crippen molar-refractivity contribution in [2.24, 2.45) is 0 Å². The van der Waals surface area contributed by atoms with Crippen molar-refractivity contribution in [1.29, 1.82) is 0 Å².